The van der Waals surface area contributed by atoms with Gasteiger partial charge in [-0.15, -0.1) is 0 Å². The number of carbonyl (C=O) groups excluding carboxylic acids is 1. The molecule has 1 aliphatic rings. The first-order valence-corrected chi connectivity index (χ1v) is 5.93. The molecule has 1 atom stereocenters. The maximum atomic E-state index is 11.9. The molecule has 1 saturated heterocycles. The maximum absolute atomic E-state index is 11.9. The van der Waals surface area contributed by atoms with E-state index in [4.69, 9.17) is 5.11 Å². The molecule has 0 bridgehead atoms. The minimum absolute atomic E-state index is 0.0731. The average Bonchev–Trinajstić information content (AvgIpc) is 2.31. The number of anilines is 1. The zero-order chi connectivity index (χ0) is 11.5. The number of hydrogen-bond acceptors (Lipinski definition) is 3. The number of aliphatic hydroxyl groups excluding tert-OH is 1. The number of carbonyl (C=O) groups is 1. The molecule has 86 valence electrons. The summed E-state index contributed by atoms with van der Waals surface area (Å²) in [6.07, 6.45) is 0. The summed E-state index contributed by atoms with van der Waals surface area (Å²) in [5.74, 6) is -0.0731. The van der Waals surface area contributed by atoms with Crippen molar-refractivity contribution in [3.63, 3.8) is 0 Å². The van der Waals surface area contributed by atoms with E-state index in [9.17, 15) is 4.79 Å². The Balaban J connectivity index is 2.20. The van der Waals surface area contributed by atoms with Crippen LogP contribution in [0, 0.1) is 0 Å². The Morgan fingerprint density at radius 2 is 2.12 bits per heavy atom. The van der Waals surface area contributed by atoms with Crippen molar-refractivity contribution in [3.8, 4) is 0 Å². The van der Waals surface area contributed by atoms with Gasteiger partial charge in [0.05, 0.1) is 6.61 Å². The zero-order valence-corrected chi connectivity index (χ0v) is 10.3. The Bertz CT molecular complexity index is 380. The van der Waals surface area contributed by atoms with E-state index in [2.05, 4.69) is 21.2 Å². The van der Waals surface area contributed by atoms with Gasteiger partial charge >= 0.3 is 0 Å². The molecular weight excluding hydrogens is 272 g/mol. The van der Waals surface area contributed by atoms with Crippen LogP contribution in [0.3, 0.4) is 0 Å². The molecule has 2 rings (SSSR count). The molecule has 0 aliphatic carbocycles. The minimum Gasteiger partial charge on any atom is -0.394 e. The number of piperazine rings is 1. The lowest BCUT2D eigenvalue weighted by Crippen LogP contribution is -2.56. The van der Waals surface area contributed by atoms with Gasteiger partial charge < -0.3 is 15.3 Å². The summed E-state index contributed by atoms with van der Waals surface area (Å²) in [5.41, 5.74) is 0.869. The van der Waals surface area contributed by atoms with Crippen LogP contribution < -0.4 is 10.2 Å². The van der Waals surface area contributed by atoms with Gasteiger partial charge in [-0.25, -0.2) is 0 Å². The fourth-order valence-corrected chi connectivity index (χ4v) is 2.02. The molecule has 16 heavy (non-hydrogen) atoms. The first-order chi connectivity index (χ1) is 7.72. The predicted octanol–water partition coefficient (Wildman–Crippen LogP) is 0.746. The quantitative estimate of drug-likeness (QED) is 0.843. The molecule has 4 nitrogen and oxygen atoms in total. The van der Waals surface area contributed by atoms with E-state index in [1.807, 2.05) is 24.3 Å². The Morgan fingerprint density at radius 3 is 2.75 bits per heavy atom. The molecule has 0 spiro atoms. The summed E-state index contributed by atoms with van der Waals surface area (Å²) >= 11 is 3.35. The van der Waals surface area contributed by atoms with Crippen molar-refractivity contribution in [2.75, 3.05) is 24.6 Å². The minimum atomic E-state index is -0.475. The van der Waals surface area contributed by atoms with Crippen LogP contribution in [0.25, 0.3) is 0 Å². The van der Waals surface area contributed by atoms with Crippen LogP contribution in [0.5, 0.6) is 0 Å². The van der Waals surface area contributed by atoms with Gasteiger partial charge in [-0.3, -0.25) is 4.79 Å². The van der Waals surface area contributed by atoms with Crippen LogP contribution in [0.15, 0.2) is 28.7 Å². The highest BCUT2D eigenvalue weighted by Gasteiger charge is 2.28. The molecule has 1 amide bonds. The largest absolute Gasteiger partial charge is 0.394 e. The number of amides is 1. The lowest BCUT2D eigenvalue weighted by Gasteiger charge is -2.32. The topological polar surface area (TPSA) is 52.6 Å². The third-order valence-corrected chi connectivity index (χ3v) is 3.14. The molecule has 1 aromatic carbocycles. The summed E-state index contributed by atoms with van der Waals surface area (Å²) in [5, 5.41) is 12.0. The molecule has 1 heterocycles. The molecule has 1 aliphatic heterocycles. The van der Waals surface area contributed by atoms with Crippen molar-refractivity contribution >= 4 is 27.5 Å². The van der Waals surface area contributed by atoms with Crippen molar-refractivity contribution in [2.24, 2.45) is 0 Å². The second kappa shape index (κ2) is 4.95. The monoisotopic (exact) mass is 284 g/mol. The molecule has 5 heteroatoms. The number of nitrogens with one attached hydrogen (secondary N) is 1. The number of aliphatic hydroxyl groups is 1. The number of rotatable bonds is 2. The zero-order valence-electron chi connectivity index (χ0n) is 8.69. The smallest absolute Gasteiger partial charge is 0.246 e. The van der Waals surface area contributed by atoms with Crippen molar-refractivity contribution in [3.05, 3.63) is 28.7 Å². The van der Waals surface area contributed by atoms with Crippen molar-refractivity contribution in [1.29, 1.82) is 0 Å². The average molecular weight is 285 g/mol. The fraction of sp³-hybridized carbons (Fsp3) is 0.364. The predicted molar refractivity (Wildman–Crippen MR) is 65.4 cm³/mol. The van der Waals surface area contributed by atoms with Crippen molar-refractivity contribution in [1.82, 2.24) is 5.32 Å². The second-order valence-corrected chi connectivity index (χ2v) is 4.57. The number of nitrogens with zero attached hydrogens (tertiary/aromatic N) is 1. The van der Waals surface area contributed by atoms with E-state index in [-0.39, 0.29) is 12.5 Å². The standard InChI is InChI=1S/C11H13BrN2O2/c12-8-1-3-9(4-2-8)14-6-5-13-10(7-15)11(14)16/h1-4,10,13,15H,5-7H2. The fourth-order valence-electron chi connectivity index (χ4n) is 1.76. The van der Waals surface area contributed by atoms with Crippen molar-refractivity contribution < 1.29 is 9.90 Å². The van der Waals surface area contributed by atoms with E-state index < -0.39 is 6.04 Å². The third kappa shape index (κ3) is 2.26. The van der Waals surface area contributed by atoms with E-state index in [0.29, 0.717) is 13.1 Å². The Kier molecular flexibility index (Phi) is 3.58. The van der Waals surface area contributed by atoms with Crippen LogP contribution in [0.1, 0.15) is 0 Å². The lowest BCUT2D eigenvalue weighted by atomic mass is 10.2. The summed E-state index contributed by atoms with van der Waals surface area (Å²) < 4.78 is 0.984. The van der Waals surface area contributed by atoms with E-state index in [0.717, 1.165) is 10.2 Å². The van der Waals surface area contributed by atoms with Gasteiger partial charge in [0.1, 0.15) is 6.04 Å². The first-order valence-electron chi connectivity index (χ1n) is 5.13. The van der Waals surface area contributed by atoms with Gasteiger partial charge in [0.2, 0.25) is 5.91 Å². The number of halogens is 1. The Labute approximate surface area is 102 Å². The van der Waals surface area contributed by atoms with E-state index in [1.165, 1.54) is 0 Å². The Hall–Kier alpha value is -0.910. The summed E-state index contributed by atoms with van der Waals surface area (Å²) in [6, 6.07) is 7.11. The maximum Gasteiger partial charge on any atom is 0.246 e. The van der Waals surface area contributed by atoms with Crippen LogP contribution in [-0.4, -0.2) is 36.8 Å². The van der Waals surface area contributed by atoms with Gasteiger partial charge in [-0.05, 0) is 24.3 Å². The van der Waals surface area contributed by atoms with Crippen LogP contribution in [0.4, 0.5) is 5.69 Å². The molecule has 2 N–H and O–H groups in total. The van der Waals surface area contributed by atoms with Gasteiger partial charge in [-0.2, -0.15) is 0 Å². The molecule has 1 fully saturated rings. The highest BCUT2D eigenvalue weighted by molar-refractivity contribution is 9.10. The molecule has 1 unspecified atom stereocenters. The molecule has 1 aromatic rings. The highest BCUT2D eigenvalue weighted by atomic mass is 79.9. The van der Waals surface area contributed by atoms with Gasteiger partial charge in [0.15, 0.2) is 0 Å². The van der Waals surface area contributed by atoms with Crippen molar-refractivity contribution in [2.45, 2.75) is 6.04 Å². The summed E-state index contributed by atoms with van der Waals surface area (Å²) in [4.78, 5) is 13.6. The lowest BCUT2D eigenvalue weighted by molar-refractivity contribution is -0.122. The summed E-state index contributed by atoms with van der Waals surface area (Å²) in [6.45, 7) is 1.18. The van der Waals surface area contributed by atoms with Crippen LogP contribution >= 0.6 is 15.9 Å². The number of benzene rings is 1. The SMILES string of the molecule is O=C1C(CO)NCCN1c1ccc(Br)cc1. The molecule has 0 radical (unpaired) electrons. The van der Waals surface area contributed by atoms with Gasteiger partial charge in [0.25, 0.3) is 0 Å². The van der Waals surface area contributed by atoms with Gasteiger partial charge in [-0.1, -0.05) is 15.9 Å². The molecular formula is C11H13BrN2O2. The van der Waals surface area contributed by atoms with Crippen LogP contribution in [-0.2, 0) is 4.79 Å². The van der Waals surface area contributed by atoms with Crippen LogP contribution in [0.2, 0.25) is 0 Å². The normalized spacial score (nSPS) is 21.2. The van der Waals surface area contributed by atoms with E-state index >= 15 is 0 Å². The third-order valence-electron chi connectivity index (χ3n) is 2.61. The van der Waals surface area contributed by atoms with Gasteiger partial charge in [0, 0.05) is 23.2 Å². The number of hydrogen-bond donors (Lipinski definition) is 2. The first kappa shape index (κ1) is 11.6. The second-order valence-electron chi connectivity index (χ2n) is 3.66. The molecule has 0 saturated carbocycles. The van der Waals surface area contributed by atoms with E-state index in [1.54, 1.807) is 4.90 Å². The highest BCUT2D eigenvalue weighted by Crippen LogP contribution is 2.20. The summed E-state index contributed by atoms with van der Waals surface area (Å²) in [7, 11) is 0. The Morgan fingerprint density at radius 1 is 1.44 bits per heavy atom. The molecule has 0 aromatic heterocycles.